The van der Waals surface area contributed by atoms with Crippen LogP contribution in [0.15, 0.2) is 158 Å². The van der Waals surface area contributed by atoms with Gasteiger partial charge in [0.15, 0.2) is 0 Å². The molecule has 45 heavy (non-hydrogen) atoms. The number of fused-ring (bicyclic) bond motifs is 7. The number of rotatable bonds is 3. The van der Waals surface area contributed by atoms with E-state index >= 15 is 0 Å². The van der Waals surface area contributed by atoms with Crippen molar-refractivity contribution in [2.75, 3.05) is 0 Å². The molecule has 0 nitrogen and oxygen atoms in total. The average Bonchev–Trinajstić information content (AvgIpc) is 3.33. The Labute approximate surface area is 264 Å². The summed E-state index contributed by atoms with van der Waals surface area (Å²) in [5.41, 5.74) is 13.1. The van der Waals surface area contributed by atoms with E-state index < -0.39 is 0 Å². The standard InChI is InChI=1S/C45H32/c1-45(2)43-13-6-5-11-41(43)42-25-22-34(28-44(42)45)33-21-24-40-36(27-33)19-18-35-26-32(20-23-39(35)40)29-14-16-31(17-15-29)38-12-7-9-30-8-3-4-10-37(30)38/h3-28H,1-2H3. The van der Waals surface area contributed by atoms with Crippen LogP contribution in [-0.2, 0) is 5.41 Å². The second kappa shape index (κ2) is 9.78. The maximum atomic E-state index is 2.41. The second-order valence-corrected chi connectivity index (χ2v) is 13.0. The minimum absolute atomic E-state index is 0.00292. The van der Waals surface area contributed by atoms with Gasteiger partial charge in [-0.3, -0.25) is 0 Å². The van der Waals surface area contributed by atoms with Gasteiger partial charge in [0.2, 0.25) is 0 Å². The zero-order valence-corrected chi connectivity index (χ0v) is 25.5. The van der Waals surface area contributed by atoms with Gasteiger partial charge in [0, 0.05) is 5.41 Å². The molecule has 0 spiro atoms. The Hall–Kier alpha value is -5.46. The summed E-state index contributed by atoms with van der Waals surface area (Å²) in [5, 5.41) is 7.69. The van der Waals surface area contributed by atoms with Crippen LogP contribution in [0.2, 0.25) is 0 Å². The molecule has 0 N–H and O–H groups in total. The van der Waals surface area contributed by atoms with Crippen LogP contribution < -0.4 is 0 Å². The maximum absolute atomic E-state index is 2.41. The molecular weight excluding hydrogens is 540 g/mol. The number of benzene rings is 8. The van der Waals surface area contributed by atoms with Gasteiger partial charge in [-0.25, -0.2) is 0 Å². The van der Waals surface area contributed by atoms with E-state index in [1.807, 2.05) is 0 Å². The van der Waals surface area contributed by atoms with Gasteiger partial charge in [0.1, 0.15) is 0 Å². The largest absolute Gasteiger partial charge is 0.0619 e. The van der Waals surface area contributed by atoms with Crippen molar-refractivity contribution in [2.24, 2.45) is 0 Å². The molecule has 1 aliphatic rings. The van der Waals surface area contributed by atoms with Crippen molar-refractivity contribution in [1.82, 2.24) is 0 Å². The highest BCUT2D eigenvalue weighted by Crippen LogP contribution is 2.49. The monoisotopic (exact) mass is 572 g/mol. The van der Waals surface area contributed by atoms with Gasteiger partial charge in [-0.15, -0.1) is 0 Å². The first-order chi connectivity index (χ1) is 22.0. The van der Waals surface area contributed by atoms with E-state index in [0.717, 1.165) is 0 Å². The average molecular weight is 573 g/mol. The molecule has 0 bridgehead atoms. The SMILES string of the molecule is CC1(C)c2ccccc2-c2ccc(-c3ccc4c(ccc5cc(-c6ccc(-c7cccc8ccccc78)cc6)ccc54)c3)cc21. The Morgan fingerprint density at radius 1 is 0.311 bits per heavy atom. The van der Waals surface area contributed by atoms with Crippen molar-refractivity contribution in [3.8, 4) is 44.5 Å². The summed E-state index contributed by atoms with van der Waals surface area (Å²) in [6.07, 6.45) is 0. The Bertz CT molecular complexity index is 2430. The van der Waals surface area contributed by atoms with Gasteiger partial charge in [0.05, 0.1) is 0 Å². The van der Waals surface area contributed by atoms with Crippen molar-refractivity contribution >= 4 is 32.3 Å². The van der Waals surface area contributed by atoms with Gasteiger partial charge in [0.25, 0.3) is 0 Å². The first-order valence-electron chi connectivity index (χ1n) is 15.8. The van der Waals surface area contributed by atoms with Crippen LogP contribution in [0.5, 0.6) is 0 Å². The van der Waals surface area contributed by atoms with Crippen molar-refractivity contribution in [1.29, 1.82) is 0 Å². The van der Waals surface area contributed by atoms with E-state index in [-0.39, 0.29) is 5.41 Å². The Balaban J connectivity index is 1.05. The van der Waals surface area contributed by atoms with Crippen molar-refractivity contribution in [3.05, 3.63) is 169 Å². The minimum atomic E-state index is 0.00292. The van der Waals surface area contributed by atoms with E-state index in [9.17, 15) is 0 Å². The summed E-state index contributed by atoms with van der Waals surface area (Å²) in [7, 11) is 0. The molecule has 0 atom stereocenters. The maximum Gasteiger partial charge on any atom is 0.0159 e. The molecule has 8 aromatic rings. The fraction of sp³-hybridized carbons (Fsp3) is 0.0667. The first-order valence-corrected chi connectivity index (χ1v) is 15.8. The van der Waals surface area contributed by atoms with Crippen molar-refractivity contribution in [2.45, 2.75) is 19.3 Å². The molecule has 0 radical (unpaired) electrons. The molecular formula is C45H32. The number of hydrogen-bond donors (Lipinski definition) is 0. The predicted molar refractivity (Wildman–Crippen MR) is 193 cm³/mol. The lowest BCUT2D eigenvalue weighted by molar-refractivity contribution is 0.660. The molecule has 9 rings (SSSR count). The lowest BCUT2D eigenvalue weighted by atomic mass is 9.81. The fourth-order valence-electron chi connectivity index (χ4n) is 7.63. The summed E-state index contributed by atoms with van der Waals surface area (Å²) in [4.78, 5) is 0. The van der Waals surface area contributed by atoms with E-state index in [1.165, 1.54) is 88.0 Å². The Morgan fingerprint density at radius 2 is 0.844 bits per heavy atom. The van der Waals surface area contributed by atoms with Gasteiger partial charge in [-0.1, -0.05) is 153 Å². The molecule has 0 heterocycles. The van der Waals surface area contributed by atoms with E-state index in [1.54, 1.807) is 0 Å². The summed E-state index contributed by atoms with van der Waals surface area (Å²) in [5.74, 6) is 0. The quantitative estimate of drug-likeness (QED) is 0.185. The summed E-state index contributed by atoms with van der Waals surface area (Å²) in [6, 6.07) is 58.4. The van der Waals surface area contributed by atoms with Gasteiger partial charge in [-0.2, -0.15) is 0 Å². The third-order valence-corrected chi connectivity index (χ3v) is 10.1. The van der Waals surface area contributed by atoms with Crippen molar-refractivity contribution in [3.63, 3.8) is 0 Å². The topological polar surface area (TPSA) is 0 Å². The van der Waals surface area contributed by atoms with Gasteiger partial charge in [-0.05, 0) is 106 Å². The molecule has 8 aromatic carbocycles. The molecule has 0 fully saturated rings. The predicted octanol–water partition coefficient (Wildman–Crippen LogP) is 12.5. The fourth-order valence-corrected chi connectivity index (χ4v) is 7.63. The van der Waals surface area contributed by atoms with Crippen LogP contribution in [0.25, 0.3) is 76.8 Å². The highest BCUT2D eigenvalue weighted by atomic mass is 14.4. The second-order valence-electron chi connectivity index (χ2n) is 13.0. The molecule has 0 aliphatic heterocycles. The van der Waals surface area contributed by atoms with E-state index in [4.69, 9.17) is 0 Å². The summed E-state index contributed by atoms with van der Waals surface area (Å²) < 4.78 is 0. The third-order valence-electron chi connectivity index (χ3n) is 10.1. The zero-order valence-electron chi connectivity index (χ0n) is 25.5. The molecule has 1 aliphatic carbocycles. The number of hydrogen-bond acceptors (Lipinski definition) is 0. The molecule has 0 saturated carbocycles. The van der Waals surface area contributed by atoms with Crippen molar-refractivity contribution < 1.29 is 0 Å². The van der Waals surface area contributed by atoms with Crippen LogP contribution in [-0.4, -0.2) is 0 Å². The van der Waals surface area contributed by atoms with Crippen LogP contribution >= 0.6 is 0 Å². The lowest BCUT2D eigenvalue weighted by Gasteiger charge is -2.22. The Morgan fingerprint density at radius 3 is 1.62 bits per heavy atom. The van der Waals surface area contributed by atoms with E-state index in [2.05, 4.69) is 172 Å². The van der Waals surface area contributed by atoms with Gasteiger partial charge < -0.3 is 0 Å². The lowest BCUT2D eigenvalue weighted by Crippen LogP contribution is -2.14. The molecule has 212 valence electrons. The van der Waals surface area contributed by atoms with E-state index in [0.29, 0.717) is 0 Å². The van der Waals surface area contributed by atoms with Crippen LogP contribution in [0.3, 0.4) is 0 Å². The highest BCUT2D eigenvalue weighted by molar-refractivity contribution is 6.09. The molecule has 0 unspecified atom stereocenters. The summed E-state index contributed by atoms with van der Waals surface area (Å²) >= 11 is 0. The zero-order chi connectivity index (χ0) is 30.1. The summed E-state index contributed by atoms with van der Waals surface area (Å²) in [6.45, 7) is 4.70. The third kappa shape index (κ3) is 4.06. The molecule has 0 aromatic heterocycles. The smallest absolute Gasteiger partial charge is 0.0159 e. The normalized spacial score (nSPS) is 13.3. The first kappa shape index (κ1) is 26.0. The molecule has 0 amide bonds. The Kier molecular flexibility index (Phi) is 5.64. The minimum Gasteiger partial charge on any atom is -0.0619 e. The molecule has 0 saturated heterocycles. The van der Waals surface area contributed by atoms with Crippen LogP contribution in [0.1, 0.15) is 25.0 Å². The van der Waals surface area contributed by atoms with Crippen LogP contribution in [0.4, 0.5) is 0 Å². The highest BCUT2D eigenvalue weighted by Gasteiger charge is 2.35. The molecule has 0 heteroatoms. The van der Waals surface area contributed by atoms with Gasteiger partial charge >= 0.3 is 0 Å². The van der Waals surface area contributed by atoms with Crippen LogP contribution in [0, 0.1) is 0 Å².